The van der Waals surface area contributed by atoms with E-state index in [1.54, 1.807) is 0 Å². The summed E-state index contributed by atoms with van der Waals surface area (Å²) in [5.74, 6) is 0.680. The lowest BCUT2D eigenvalue weighted by molar-refractivity contribution is 0.0566. The molecule has 15 heavy (non-hydrogen) atoms. The quantitative estimate of drug-likeness (QED) is 0.751. The maximum absolute atomic E-state index is 11.3. The van der Waals surface area contributed by atoms with Crippen LogP contribution in [-0.2, 0) is 14.6 Å². The van der Waals surface area contributed by atoms with Crippen molar-refractivity contribution in [3.8, 4) is 0 Å². The molecule has 0 saturated carbocycles. The van der Waals surface area contributed by atoms with E-state index >= 15 is 0 Å². The van der Waals surface area contributed by atoms with Crippen LogP contribution in [0, 0.1) is 5.92 Å². The van der Waals surface area contributed by atoms with Gasteiger partial charge in [0.1, 0.15) is 9.84 Å². The van der Waals surface area contributed by atoms with Crippen molar-refractivity contribution < 1.29 is 13.2 Å². The lowest BCUT2D eigenvalue weighted by Crippen LogP contribution is -2.43. The van der Waals surface area contributed by atoms with Crippen LogP contribution in [0.4, 0.5) is 0 Å². The van der Waals surface area contributed by atoms with Gasteiger partial charge in [0.05, 0.1) is 5.75 Å². The van der Waals surface area contributed by atoms with E-state index in [-0.39, 0.29) is 11.8 Å². The lowest BCUT2D eigenvalue weighted by atomic mass is 9.93. The van der Waals surface area contributed by atoms with Crippen molar-refractivity contribution in [1.82, 2.24) is 5.32 Å². The van der Waals surface area contributed by atoms with Gasteiger partial charge >= 0.3 is 0 Å². The van der Waals surface area contributed by atoms with Crippen LogP contribution >= 0.6 is 0 Å². The van der Waals surface area contributed by atoms with Crippen LogP contribution in [0.15, 0.2) is 0 Å². The van der Waals surface area contributed by atoms with Gasteiger partial charge in [-0.2, -0.15) is 0 Å². The Labute approximate surface area is 92.3 Å². The van der Waals surface area contributed by atoms with Gasteiger partial charge < -0.3 is 10.1 Å². The summed E-state index contributed by atoms with van der Waals surface area (Å²) in [5, 5.41) is 3.27. The highest BCUT2D eigenvalue weighted by atomic mass is 32.2. The largest absolute Gasteiger partial charge is 0.381 e. The summed E-state index contributed by atoms with van der Waals surface area (Å²) >= 11 is 0. The van der Waals surface area contributed by atoms with E-state index in [0.29, 0.717) is 5.92 Å². The summed E-state index contributed by atoms with van der Waals surface area (Å²) in [6.07, 6.45) is 3.23. The molecule has 1 aliphatic heterocycles. The molecule has 5 heteroatoms. The Morgan fingerprint density at radius 1 is 1.40 bits per heavy atom. The number of hydrogen-bond donors (Lipinski definition) is 1. The topological polar surface area (TPSA) is 55.4 Å². The van der Waals surface area contributed by atoms with Crippen molar-refractivity contribution in [3.05, 3.63) is 0 Å². The Hall–Kier alpha value is -0.130. The summed E-state index contributed by atoms with van der Waals surface area (Å²) in [4.78, 5) is 0. The first-order valence-electron chi connectivity index (χ1n) is 5.52. The molecule has 1 heterocycles. The summed E-state index contributed by atoms with van der Waals surface area (Å²) in [6, 6.07) is 0.0916. The molecule has 90 valence electrons. The molecule has 1 atom stereocenters. The minimum atomic E-state index is -2.90. The fourth-order valence-corrected chi connectivity index (χ4v) is 3.11. The Morgan fingerprint density at radius 3 is 2.47 bits per heavy atom. The van der Waals surface area contributed by atoms with E-state index in [1.807, 2.05) is 6.92 Å². The van der Waals surface area contributed by atoms with Gasteiger partial charge in [-0.05, 0) is 25.3 Å². The van der Waals surface area contributed by atoms with Gasteiger partial charge in [-0.25, -0.2) is 8.42 Å². The molecule has 0 aromatic carbocycles. The first-order chi connectivity index (χ1) is 7.03. The van der Waals surface area contributed by atoms with Crippen molar-refractivity contribution in [1.29, 1.82) is 0 Å². The van der Waals surface area contributed by atoms with Gasteiger partial charge in [-0.3, -0.25) is 0 Å². The van der Waals surface area contributed by atoms with Crippen LogP contribution in [0.3, 0.4) is 0 Å². The standard InChI is InChI=1S/C10H21NO3S/c1-3-11-10(8-15(2,12)13)9-4-6-14-7-5-9/h9-11H,3-8H2,1-2H3. The van der Waals surface area contributed by atoms with Crippen LogP contribution in [0.5, 0.6) is 0 Å². The summed E-state index contributed by atoms with van der Waals surface area (Å²) in [6.45, 7) is 4.35. The molecule has 1 N–H and O–H groups in total. The Balaban J connectivity index is 2.55. The molecule has 0 spiro atoms. The van der Waals surface area contributed by atoms with Gasteiger partial charge in [-0.1, -0.05) is 6.92 Å². The molecule has 0 bridgehead atoms. The molecule has 1 saturated heterocycles. The van der Waals surface area contributed by atoms with E-state index in [0.717, 1.165) is 32.6 Å². The Kier molecular flexibility index (Phi) is 5.02. The van der Waals surface area contributed by atoms with Crippen molar-refractivity contribution in [3.63, 3.8) is 0 Å². The molecule has 1 fully saturated rings. The number of hydrogen-bond acceptors (Lipinski definition) is 4. The molecule has 0 aliphatic carbocycles. The highest BCUT2D eigenvalue weighted by molar-refractivity contribution is 7.90. The van der Waals surface area contributed by atoms with E-state index in [4.69, 9.17) is 4.74 Å². The molecule has 1 aliphatic rings. The third-order valence-corrected chi connectivity index (χ3v) is 3.75. The molecule has 4 nitrogen and oxygen atoms in total. The molecular formula is C10H21NO3S. The van der Waals surface area contributed by atoms with Crippen LogP contribution in [-0.4, -0.2) is 46.2 Å². The monoisotopic (exact) mass is 235 g/mol. The zero-order valence-corrected chi connectivity index (χ0v) is 10.3. The van der Waals surface area contributed by atoms with Crippen LogP contribution in [0.25, 0.3) is 0 Å². The van der Waals surface area contributed by atoms with Crippen molar-refractivity contribution in [2.24, 2.45) is 5.92 Å². The van der Waals surface area contributed by atoms with Crippen LogP contribution in [0.2, 0.25) is 0 Å². The van der Waals surface area contributed by atoms with Crippen molar-refractivity contribution in [2.75, 3.05) is 31.8 Å². The van der Waals surface area contributed by atoms with E-state index < -0.39 is 9.84 Å². The average molecular weight is 235 g/mol. The van der Waals surface area contributed by atoms with Crippen LogP contribution < -0.4 is 5.32 Å². The van der Waals surface area contributed by atoms with Gasteiger partial charge in [0.25, 0.3) is 0 Å². The van der Waals surface area contributed by atoms with Gasteiger partial charge in [0.2, 0.25) is 0 Å². The number of nitrogens with one attached hydrogen (secondary N) is 1. The second-order valence-electron chi connectivity index (χ2n) is 4.21. The maximum Gasteiger partial charge on any atom is 0.148 e. The van der Waals surface area contributed by atoms with E-state index in [2.05, 4.69) is 5.32 Å². The SMILES string of the molecule is CCNC(CS(C)(=O)=O)C1CCOCC1. The van der Waals surface area contributed by atoms with Crippen molar-refractivity contribution in [2.45, 2.75) is 25.8 Å². The van der Waals surface area contributed by atoms with Gasteiger partial charge in [0, 0.05) is 25.5 Å². The lowest BCUT2D eigenvalue weighted by Gasteiger charge is -2.30. The molecule has 0 amide bonds. The maximum atomic E-state index is 11.3. The molecular weight excluding hydrogens is 214 g/mol. The fraction of sp³-hybridized carbons (Fsp3) is 1.00. The third-order valence-electron chi connectivity index (χ3n) is 2.78. The summed E-state index contributed by atoms with van der Waals surface area (Å²) in [7, 11) is -2.90. The Bertz CT molecular complexity index is 270. The average Bonchev–Trinajstić information content (AvgIpc) is 2.17. The third kappa shape index (κ3) is 4.95. The number of rotatable bonds is 5. The highest BCUT2D eigenvalue weighted by Crippen LogP contribution is 2.19. The molecule has 1 unspecified atom stereocenters. The van der Waals surface area contributed by atoms with E-state index in [9.17, 15) is 8.42 Å². The minimum absolute atomic E-state index is 0.0916. The molecule has 0 radical (unpaired) electrons. The first-order valence-corrected chi connectivity index (χ1v) is 7.58. The fourth-order valence-electron chi connectivity index (χ4n) is 2.07. The van der Waals surface area contributed by atoms with E-state index in [1.165, 1.54) is 6.26 Å². The highest BCUT2D eigenvalue weighted by Gasteiger charge is 2.26. The van der Waals surface area contributed by atoms with Crippen LogP contribution in [0.1, 0.15) is 19.8 Å². The number of sulfone groups is 1. The normalized spacial score (nSPS) is 21.5. The van der Waals surface area contributed by atoms with Crippen molar-refractivity contribution >= 4 is 9.84 Å². The first kappa shape index (κ1) is 12.9. The Morgan fingerprint density at radius 2 is 2.00 bits per heavy atom. The minimum Gasteiger partial charge on any atom is -0.381 e. The summed E-state index contributed by atoms with van der Waals surface area (Å²) in [5.41, 5.74) is 0. The van der Waals surface area contributed by atoms with Gasteiger partial charge in [-0.15, -0.1) is 0 Å². The second-order valence-corrected chi connectivity index (χ2v) is 6.39. The van der Waals surface area contributed by atoms with Gasteiger partial charge in [0.15, 0.2) is 0 Å². The summed E-state index contributed by atoms with van der Waals surface area (Å²) < 4.78 is 27.9. The zero-order chi connectivity index (χ0) is 11.3. The smallest absolute Gasteiger partial charge is 0.148 e. The number of ether oxygens (including phenoxy) is 1. The predicted octanol–water partition coefficient (Wildman–Crippen LogP) is 0.436. The zero-order valence-electron chi connectivity index (χ0n) is 9.53. The molecule has 0 aromatic rings. The predicted molar refractivity (Wildman–Crippen MR) is 60.7 cm³/mol. The molecule has 0 aromatic heterocycles. The second kappa shape index (κ2) is 5.82. The molecule has 1 rings (SSSR count).